The molecule has 1 heterocycles. The largest absolute Gasteiger partial charge is 0.261 e. The molecule has 0 radical (unpaired) electrons. The molecular formula is C14H20ClN. The van der Waals surface area contributed by atoms with Gasteiger partial charge in [0.05, 0.1) is 0 Å². The lowest BCUT2D eigenvalue weighted by molar-refractivity contribution is 0.484. The number of hydrogen-bond donors (Lipinski definition) is 0. The van der Waals surface area contributed by atoms with Gasteiger partial charge < -0.3 is 0 Å². The van der Waals surface area contributed by atoms with Crippen LogP contribution in [0, 0.1) is 0 Å². The first-order chi connectivity index (χ1) is 7.81. The third kappa shape index (κ3) is 2.76. The molecule has 1 aromatic rings. The molecule has 1 aliphatic carbocycles. The number of nitrogens with zero attached hydrogens (tertiary/aromatic N) is 1. The number of rotatable bonds is 4. The summed E-state index contributed by atoms with van der Waals surface area (Å²) >= 11 is 6.19. The van der Waals surface area contributed by atoms with Crippen LogP contribution in [0.2, 0.25) is 0 Å². The van der Waals surface area contributed by atoms with E-state index in [2.05, 4.69) is 24.0 Å². The average molecular weight is 238 g/mol. The molecule has 0 fully saturated rings. The van der Waals surface area contributed by atoms with Gasteiger partial charge in [0.2, 0.25) is 0 Å². The zero-order chi connectivity index (χ0) is 11.4. The Hall–Kier alpha value is -0.560. The van der Waals surface area contributed by atoms with Crippen LogP contribution >= 0.6 is 11.6 Å². The van der Waals surface area contributed by atoms with E-state index in [-0.39, 0.29) is 0 Å². The SMILES string of the molecule is CCC(Cl)CCC1CCCc2cccnc21. The van der Waals surface area contributed by atoms with Crippen LogP contribution in [0.25, 0.3) is 0 Å². The molecular weight excluding hydrogens is 218 g/mol. The van der Waals surface area contributed by atoms with Crippen LogP contribution in [0.5, 0.6) is 0 Å². The molecule has 0 bridgehead atoms. The number of alkyl halides is 1. The maximum Gasteiger partial charge on any atom is 0.0466 e. The second kappa shape index (κ2) is 5.67. The van der Waals surface area contributed by atoms with E-state index in [0.29, 0.717) is 11.3 Å². The molecule has 0 aromatic carbocycles. The minimum absolute atomic E-state index is 0.342. The van der Waals surface area contributed by atoms with Crippen LogP contribution in [0.15, 0.2) is 18.3 Å². The van der Waals surface area contributed by atoms with Crippen molar-refractivity contribution >= 4 is 11.6 Å². The van der Waals surface area contributed by atoms with Gasteiger partial charge in [-0.25, -0.2) is 0 Å². The van der Waals surface area contributed by atoms with Gasteiger partial charge in [-0.05, 0) is 50.2 Å². The Bertz CT molecular complexity index is 337. The van der Waals surface area contributed by atoms with Crippen molar-refractivity contribution in [2.24, 2.45) is 0 Å². The molecule has 0 aliphatic heterocycles. The van der Waals surface area contributed by atoms with E-state index in [0.717, 1.165) is 12.8 Å². The third-order valence-corrected chi connectivity index (χ3v) is 4.11. The minimum atomic E-state index is 0.342. The topological polar surface area (TPSA) is 12.9 Å². The maximum atomic E-state index is 6.19. The highest BCUT2D eigenvalue weighted by Crippen LogP contribution is 2.34. The highest BCUT2D eigenvalue weighted by Gasteiger charge is 2.21. The predicted molar refractivity (Wildman–Crippen MR) is 69.1 cm³/mol. The van der Waals surface area contributed by atoms with Crippen LogP contribution in [0.4, 0.5) is 0 Å². The summed E-state index contributed by atoms with van der Waals surface area (Å²) in [7, 11) is 0. The van der Waals surface area contributed by atoms with Crippen molar-refractivity contribution in [3.05, 3.63) is 29.6 Å². The average Bonchev–Trinajstić information content (AvgIpc) is 2.35. The van der Waals surface area contributed by atoms with E-state index in [4.69, 9.17) is 11.6 Å². The first kappa shape index (κ1) is 11.9. The highest BCUT2D eigenvalue weighted by molar-refractivity contribution is 6.20. The monoisotopic (exact) mass is 237 g/mol. The molecule has 0 amide bonds. The van der Waals surface area contributed by atoms with E-state index in [1.165, 1.54) is 36.9 Å². The van der Waals surface area contributed by atoms with Gasteiger partial charge >= 0.3 is 0 Å². The van der Waals surface area contributed by atoms with Crippen LogP contribution in [-0.2, 0) is 6.42 Å². The molecule has 2 heteroatoms. The number of aromatic nitrogens is 1. The number of aryl methyl sites for hydroxylation is 1. The molecule has 0 N–H and O–H groups in total. The molecule has 16 heavy (non-hydrogen) atoms. The van der Waals surface area contributed by atoms with E-state index < -0.39 is 0 Å². The summed E-state index contributed by atoms with van der Waals surface area (Å²) in [5.74, 6) is 0.651. The van der Waals surface area contributed by atoms with Crippen molar-refractivity contribution in [2.45, 2.75) is 56.7 Å². The molecule has 1 aromatic heterocycles. The molecule has 0 saturated heterocycles. The highest BCUT2D eigenvalue weighted by atomic mass is 35.5. The number of fused-ring (bicyclic) bond motifs is 1. The Kier molecular flexibility index (Phi) is 4.22. The van der Waals surface area contributed by atoms with Crippen molar-refractivity contribution in [2.75, 3.05) is 0 Å². The lowest BCUT2D eigenvalue weighted by Crippen LogP contribution is -2.13. The summed E-state index contributed by atoms with van der Waals surface area (Å²) in [6.07, 6.45) is 9.13. The van der Waals surface area contributed by atoms with Gasteiger partial charge in [-0.2, -0.15) is 0 Å². The lowest BCUT2D eigenvalue weighted by Gasteiger charge is -2.24. The predicted octanol–water partition coefficient (Wildman–Crippen LogP) is 4.30. The Morgan fingerprint density at radius 3 is 3.25 bits per heavy atom. The quantitative estimate of drug-likeness (QED) is 0.712. The van der Waals surface area contributed by atoms with Crippen LogP contribution < -0.4 is 0 Å². The minimum Gasteiger partial charge on any atom is -0.261 e. The van der Waals surface area contributed by atoms with Crippen molar-refractivity contribution in [1.29, 1.82) is 0 Å². The lowest BCUT2D eigenvalue weighted by atomic mass is 9.83. The standard InChI is InChI=1S/C14H20ClN/c1-2-13(15)9-8-12-6-3-5-11-7-4-10-16-14(11)12/h4,7,10,12-13H,2-3,5-6,8-9H2,1H3. The second-order valence-electron chi connectivity index (χ2n) is 4.72. The zero-order valence-electron chi connectivity index (χ0n) is 9.95. The Labute approximate surface area is 103 Å². The van der Waals surface area contributed by atoms with Crippen LogP contribution in [-0.4, -0.2) is 10.4 Å². The van der Waals surface area contributed by atoms with E-state index in [1.54, 1.807) is 0 Å². The van der Waals surface area contributed by atoms with Gasteiger partial charge in [0.15, 0.2) is 0 Å². The molecule has 2 atom stereocenters. The van der Waals surface area contributed by atoms with Crippen molar-refractivity contribution in [3.63, 3.8) is 0 Å². The summed E-state index contributed by atoms with van der Waals surface area (Å²) in [5, 5.41) is 0.342. The smallest absolute Gasteiger partial charge is 0.0466 e. The van der Waals surface area contributed by atoms with Crippen molar-refractivity contribution in [3.8, 4) is 0 Å². The Morgan fingerprint density at radius 2 is 2.44 bits per heavy atom. The molecule has 0 saturated carbocycles. The molecule has 2 unspecified atom stereocenters. The molecule has 2 rings (SSSR count). The summed E-state index contributed by atoms with van der Waals surface area (Å²) in [4.78, 5) is 4.56. The first-order valence-corrected chi connectivity index (χ1v) is 6.82. The van der Waals surface area contributed by atoms with Gasteiger partial charge in [0, 0.05) is 23.2 Å². The molecule has 0 spiro atoms. The fourth-order valence-electron chi connectivity index (χ4n) is 2.57. The molecule has 88 valence electrons. The van der Waals surface area contributed by atoms with Crippen molar-refractivity contribution in [1.82, 2.24) is 4.98 Å². The Balaban J connectivity index is 2.01. The fraction of sp³-hybridized carbons (Fsp3) is 0.643. The number of pyridine rings is 1. The van der Waals surface area contributed by atoms with Gasteiger partial charge in [0.1, 0.15) is 0 Å². The summed E-state index contributed by atoms with van der Waals surface area (Å²) < 4.78 is 0. The maximum absolute atomic E-state index is 6.19. The van der Waals surface area contributed by atoms with E-state index in [9.17, 15) is 0 Å². The van der Waals surface area contributed by atoms with E-state index in [1.807, 2.05) is 6.20 Å². The number of halogens is 1. The Morgan fingerprint density at radius 1 is 1.56 bits per heavy atom. The third-order valence-electron chi connectivity index (χ3n) is 3.58. The van der Waals surface area contributed by atoms with Gasteiger partial charge in [-0.1, -0.05) is 13.0 Å². The van der Waals surface area contributed by atoms with Crippen molar-refractivity contribution < 1.29 is 0 Å². The molecule has 1 aliphatic rings. The summed E-state index contributed by atoms with van der Waals surface area (Å²) in [6.45, 7) is 2.16. The van der Waals surface area contributed by atoms with Gasteiger partial charge in [0.25, 0.3) is 0 Å². The first-order valence-electron chi connectivity index (χ1n) is 6.39. The van der Waals surface area contributed by atoms with Gasteiger partial charge in [-0.15, -0.1) is 11.6 Å². The molecule has 1 nitrogen and oxygen atoms in total. The number of hydrogen-bond acceptors (Lipinski definition) is 1. The zero-order valence-corrected chi connectivity index (χ0v) is 10.7. The summed E-state index contributed by atoms with van der Waals surface area (Å²) in [5.41, 5.74) is 2.80. The normalized spacial score (nSPS) is 21.5. The summed E-state index contributed by atoms with van der Waals surface area (Å²) in [6, 6.07) is 4.28. The fourth-order valence-corrected chi connectivity index (χ4v) is 2.70. The van der Waals surface area contributed by atoms with Crippen LogP contribution in [0.1, 0.15) is 56.2 Å². The second-order valence-corrected chi connectivity index (χ2v) is 5.34. The van der Waals surface area contributed by atoms with Gasteiger partial charge in [-0.3, -0.25) is 4.98 Å². The van der Waals surface area contributed by atoms with Crippen LogP contribution in [0.3, 0.4) is 0 Å². The van der Waals surface area contributed by atoms with E-state index >= 15 is 0 Å².